The van der Waals surface area contributed by atoms with Gasteiger partial charge in [-0.1, -0.05) is 13.2 Å². The lowest BCUT2D eigenvalue weighted by atomic mass is 10.2. The van der Waals surface area contributed by atoms with Gasteiger partial charge in [0.15, 0.2) is 0 Å². The van der Waals surface area contributed by atoms with Crippen LogP contribution in [0.4, 0.5) is 0 Å². The van der Waals surface area contributed by atoms with Crippen LogP contribution in [0.2, 0.25) is 0 Å². The van der Waals surface area contributed by atoms with Crippen LogP contribution in [0.3, 0.4) is 0 Å². The number of rotatable bonds is 24. The monoisotopic (exact) mass is 630 g/mol. The fourth-order valence-electron chi connectivity index (χ4n) is 3.46. The minimum absolute atomic E-state index is 0.0622. The van der Waals surface area contributed by atoms with E-state index in [2.05, 4.69) is 13.2 Å². The number of unbranched alkanes of at least 4 members (excludes halogenated alkanes) is 2. The largest absolute Gasteiger partial charge is 0.494 e. The number of carbonyl (C=O) groups is 3. The van der Waals surface area contributed by atoms with Crippen molar-refractivity contribution in [1.82, 2.24) is 0 Å². The van der Waals surface area contributed by atoms with Gasteiger partial charge in [0.1, 0.15) is 42.7 Å². The summed E-state index contributed by atoms with van der Waals surface area (Å²) in [5, 5.41) is 19.3. The number of ether oxygens (including phenoxy) is 7. The second kappa shape index (κ2) is 22.3. The highest BCUT2D eigenvalue weighted by atomic mass is 16.6. The third-order valence-electron chi connectivity index (χ3n) is 5.82. The maximum atomic E-state index is 12.5. The van der Waals surface area contributed by atoms with Crippen LogP contribution in [-0.4, -0.2) is 93.2 Å². The molecule has 0 spiro atoms. The molecule has 0 aliphatic heterocycles. The number of benzene rings is 2. The van der Waals surface area contributed by atoms with E-state index in [0.717, 1.165) is 31.4 Å². The Balaban J connectivity index is 1.55. The van der Waals surface area contributed by atoms with Crippen molar-refractivity contribution >= 4 is 17.9 Å². The van der Waals surface area contributed by atoms with Gasteiger partial charge in [-0.2, -0.15) is 0 Å². The molecule has 2 rings (SSSR count). The van der Waals surface area contributed by atoms with E-state index in [4.69, 9.17) is 33.2 Å². The molecule has 0 heterocycles. The normalized spacial score (nSPS) is 12.0. The molecule has 2 aromatic rings. The van der Waals surface area contributed by atoms with Gasteiger partial charge in [-0.25, -0.2) is 14.4 Å². The van der Waals surface area contributed by atoms with Crippen molar-refractivity contribution < 1.29 is 57.8 Å². The molecule has 12 heteroatoms. The van der Waals surface area contributed by atoms with Crippen LogP contribution in [-0.2, 0) is 28.5 Å². The summed E-state index contributed by atoms with van der Waals surface area (Å²) >= 11 is 0. The van der Waals surface area contributed by atoms with E-state index in [0.29, 0.717) is 55.7 Å². The maximum absolute atomic E-state index is 12.5. The molecule has 0 saturated heterocycles. The fourth-order valence-corrected chi connectivity index (χ4v) is 3.46. The third kappa shape index (κ3) is 17.0. The van der Waals surface area contributed by atoms with E-state index in [9.17, 15) is 24.6 Å². The molecule has 2 atom stereocenters. The average Bonchev–Trinajstić information content (AvgIpc) is 3.06. The van der Waals surface area contributed by atoms with E-state index in [1.807, 2.05) is 0 Å². The van der Waals surface area contributed by atoms with E-state index in [-0.39, 0.29) is 26.4 Å². The van der Waals surface area contributed by atoms with Crippen molar-refractivity contribution in [2.75, 3.05) is 52.9 Å². The molecule has 0 aliphatic rings. The van der Waals surface area contributed by atoms with Gasteiger partial charge in [0, 0.05) is 25.4 Å². The Kier molecular flexibility index (Phi) is 18.3. The number of esters is 3. The van der Waals surface area contributed by atoms with Gasteiger partial charge in [0.05, 0.1) is 32.0 Å². The summed E-state index contributed by atoms with van der Waals surface area (Å²) in [5.41, 5.74) is 0.376. The molecule has 0 aliphatic carbocycles. The minimum atomic E-state index is -0.893. The lowest BCUT2D eigenvalue weighted by Gasteiger charge is -2.11. The zero-order valence-electron chi connectivity index (χ0n) is 25.3. The van der Waals surface area contributed by atoms with Crippen molar-refractivity contribution in [2.24, 2.45) is 0 Å². The summed E-state index contributed by atoms with van der Waals surface area (Å²) < 4.78 is 37.0. The summed E-state index contributed by atoms with van der Waals surface area (Å²) in [7, 11) is 0. The topological polar surface area (TPSA) is 156 Å². The van der Waals surface area contributed by atoms with Crippen molar-refractivity contribution in [1.29, 1.82) is 0 Å². The van der Waals surface area contributed by atoms with Gasteiger partial charge < -0.3 is 43.4 Å². The van der Waals surface area contributed by atoms with Crippen molar-refractivity contribution in [2.45, 2.75) is 37.9 Å². The lowest BCUT2D eigenvalue weighted by molar-refractivity contribution is -0.142. The predicted octanol–water partition coefficient (Wildman–Crippen LogP) is 3.44. The van der Waals surface area contributed by atoms with Gasteiger partial charge in [-0.15, -0.1) is 0 Å². The summed E-state index contributed by atoms with van der Waals surface area (Å²) in [5.74, 6) is -0.0602. The van der Waals surface area contributed by atoms with Crippen LogP contribution in [0.15, 0.2) is 73.8 Å². The molecule has 0 fully saturated rings. The molecule has 45 heavy (non-hydrogen) atoms. The molecule has 2 aromatic carbocycles. The van der Waals surface area contributed by atoms with E-state index < -0.39 is 30.1 Å². The van der Waals surface area contributed by atoms with E-state index in [1.54, 1.807) is 48.5 Å². The molecule has 0 saturated carbocycles. The van der Waals surface area contributed by atoms with Crippen LogP contribution in [0.1, 0.15) is 36.0 Å². The van der Waals surface area contributed by atoms with E-state index >= 15 is 0 Å². The first-order valence-corrected chi connectivity index (χ1v) is 14.6. The standard InChI is InChI=1S/C33H42O12/c1-3-31(36)43-23-26(34)21-39-17-5-7-19-41-28-11-9-25(10-12-28)33(38)45-30-15-13-29(14-16-30)42-20-8-6-18-40-22-27(35)24-44-32(37)4-2/h3-4,9-16,26-27,34-35H,1-2,5-8,17-24H2. The second-order valence-electron chi connectivity index (χ2n) is 9.62. The highest BCUT2D eigenvalue weighted by molar-refractivity contribution is 5.91. The summed E-state index contributed by atoms with van der Waals surface area (Å²) in [4.78, 5) is 34.4. The van der Waals surface area contributed by atoms with Gasteiger partial charge in [0.2, 0.25) is 0 Å². The zero-order chi connectivity index (χ0) is 32.7. The Morgan fingerprint density at radius 3 is 1.44 bits per heavy atom. The molecule has 0 bridgehead atoms. The number of aliphatic hydroxyl groups excluding tert-OH is 2. The first-order chi connectivity index (χ1) is 21.8. The van der Waals surface area contributed by atoms with Crippen molar-refractivity contribution in [3.63, 3.8) is 0 Å². The molecular weight excluding hydrogens is 588 g/mol. The Bertz CT molecular complexity index is 1160. The Labute approximate surface area is 263 Å². The molecule has 2 N–H and O–H groups in total. The van der Waals surface area contributed by atoms with Gasteiger partial charge in [0.25, 0.3) is 0 Å². The van der Waals surface area contributed by atoms with Crippen LogP contribution >= 0.6 is 0 Å². The van der Waals surface area contributed by atoms with Crippen molar-refractivity contribution in [3.8, 4) is 17.2 Å². The molecule has 0 amide bonds. The van der Waals surface area contributed by atoms with Crippen molar-refractivity contribution in [3.05, 3.63) is 79.4 Å². The number of aliphatic hydroxyl groups is 2. The number of carbonyl (C=O) groups excluding carboxylic acids is 3. The minimum Gasteiger partial charge on any atom is -0.494 e. The van der Waals surface area contributed by atoms with Crippen LogP contribution in [0.5, 0.6) is 17.2 Å². The quantitative estimate of drug-likeness (QED) is 0.0755. The average molecular weight is 631 g/mol. The van der Waals surface area contributed by atoms with E-state index in [1.165, 1.54) is 0 Å². The Morgan fingerprint density at radius 1 is 0.600 bits per heavy atom. The third-order valence-corrected chi connectivity index (χ3v) is 5.82. The second-order valence-corrected chi connectivity index (χ2v) is 9.62. The molecule has 12 nitrogen and oxygen atoms in total. The number of hydrogen-bond donors (Lipinski definition) is 2. The van der Waals surface area contributed by atoms with Crippen LogP contribution in [0.25, 0.3) is 0 Å². The summed E-state index contributed by atoms with van der Waals surface area (Å²) in [6.07, 6.45) is 3.17. The molecule has 246 valence electrons. The summed E-state index contributed by atoms with van der Waals surface area (Å²) in [6, 6.07) is 13.4. The molecule has 2 unspecified atom stereocenters. The predicted molar refractivity (Wildman–Crippen MR) is 163 cm³/mol. The summed E-state index contributed by atoms with van der Waals surface area (Å²) in [6.45, 7) is 8.17. The highest BCUT2D eigenvalue weighted by Crippen LogP contribution is 2.20. The van der Waals surface area contributed by atoms with Gasteiger partial charge in [-0.05, 0) is 74.2 Å². The lowest BCUT2D eigenvalue weighted by Crippen LogP contribution is -2.23. The molecular formula is C33H42O12. The van der Waals surface area contributed by atoms with Gasteiger partial charge in [-0.3, -0.25) is 0 Å². The Hall–Kier alpha value is -4.23. The Morgan fingerprint density at radius 2 is 1.00 bits per heavy atom. The number of hydrogen-bond acceptors (Lipinski definition) is 12. The van der Waals surface area contributed by atoms with Crippen LogP contribution < -0.4 is 14.2 Å². The van der Waals surface area contributed by atoms with Gasteiger partial charge >= 0.3 is 17.9 Å². The zero-order valence-corrected chi connectivity index (χ0v) is 25.3. The fraction of sp³-hybridized carbons (Fsp3) is 0.424. The first kappa shape index (κ1) is 37.0. The SMILES string of the molecule is C=CC(=O)OCC(O)COCCCCOc1ccc(OC(=O)c2ccc(OCCCCOCC(O)COC(=O)C=C)cc2)cc1. The highest BCUT2D eigenvalue weighted by Gasteiger charge is 2.10. The maximum Gasteiger partial charge on any atom is 0.343 e. The molecule has 0 aromatic heterocycles. The smallest absolute Gasteiger partial charge is 0.343 e. The van der Waals surface area contributed by atoms with Crippen LogP contribution in [0, 0.1) is 0 Å². The first-order valence-electron chi connectivity index (χ1n) is 14.6. The molecule has 0 radical (unpaired) electrons.